The average Bonchev–Trinajstić information content (AvgIpc) is 3.13. The first-order valence-corrected chi connectivity index (χ1v) is 8.78. The Kier molecular flexibility index (Phi) is 4.34. The third-order valence-electron chi connectivity index (χ3n) is 4.52. The number of aromatic amines is 1. The van der Waals surface area contributed by atoms with Crippen LogP contribution < -0.4 is 5.32 Å². The minimum atomic E-state index is 0.0917. The molecule has 0 bridgehead atoms. The SMILES string of the molecule is C=Cc1nc(N[C@H](C)c2ccccc2)c2cc(-c3ccc(O)cc3)[nH]c2n1. The number of nitrogens with zero attached hydrogens (tertiary/aromatic N) is 2. The Bertz CT molecular complexity index is 1080. The summed E-state index contributed by atoms with van der Waals surface area (Å²) in [6, 6.07) is 19.4. The molecule has 0 aliphatic heterocycles. The largest absolute Gasteiger partial charge is 0.508 e. The van der Waals surface area contributed by atoms with Crippen molar-refractivity contribution in [3.05, 3.63) is 78.6 Å². The summed E-state index contributed by atoms with van der Waals surface area (Å²) in [4.78, 5) is 12.5. The van der Waals surface area contributed by atoms with E-state index in [0.717, 1.165) is 28.1 Å². The van der Waals surface area contributed by atoms with Crippen LogP contribution in [0.4, 0.5) is 5.82 Å². The molecule has 5 nitrogen and oxygen atoms in total. The van der Waals surface area contributed by atoms with Gasteiger partial charge in [0.1, 0.15) is 17.2 Å². The maximum Gasteiger partial charge on any atom is 0.156 e. The van der Waals surface area contributed by atoms with Gasteiger partial charge in [-0.15, -0.1) is 0 Å². The monoisotopic (exact) mass is 356 g/mol. The van der Waals surface area contributed by atoms with Crippen molar-refractivity contribution < 1.29 is 5.11 Å². The Labute approximate surface area is 157 Å². The van der Waals surface area contributed by atoms with Crippen molar-refractivity contribution in [2.24, 2.45) is 0 Å². The predicted octanol–water partition coefficient (Wildman–Crippen LogP) is 5.15. The fraction of sp³-hybridized carbons (Fsp3) is 0.0909. The van der Waals surface area contributed by atoms with E-state index in [2.05, 4.69) is 45.9 Å². The van der Waals surface area contributed by atoms with Crippen LogP contribution in [0, 0.1) is 0 Å². The van der Waals surface area contributed by atoms with Gasteiger partial charge in [0.05, 0.1) is 5.39 Å². The summed E-state index contributed by atoms with van der Waals surface area (Å²) >= 11 is 0. The lowest BCUT2D eigenvalue weighted by Crippen LogP contribution is -2.09. The molecule has 0 amide bonds. The summed E-state index contributed by atoms with van der Waals surface area (Å²) in [5, 5.41) is 13.9. The van der Waals surface area contributed by atoms with E-state index >= 15 is 0 Å². The second kappa shape index (κ2) is 6.96. The number of benzene rings is 2. The zero-order chi connectivity index (χ0) is 18.8. The van der Waals surface area contributed by atoms with Crippen LogP contribution in [0.3, 0.4) is 0 Å². The fourth-order valence-corrected chi connectivity index (χ4v) is 3.05. The molecule has 3 N–H and O–H groups in total. The third-order valence-corrected chi connectivity index (χ3v) is 4.52. The van der Waals surface area contributed by atoms with Gasteiger partial charge in [0.15, 0.2) is 5.82 Å². The van der Waals surface area contributed by atoms with Gasteiger partial charge >= 0.3 is 0 Å². The highest BCUT2D eigenvalue weighted by Crippen LogP contribution is 2.30. The van der Waals surface area contributed by atoms with Crippen molar-refractivity contribution in [2.45, 2.75) is 13.0 Å². The minimum Gasteiger partial charge on any atom is -0.508 e. The fourth-order valence-electron chi connectivity index (χ4n) is 3.05. The molecule has 2 heterocycles. The first-order chi connectivity index (χ1) is 13.1. The zero-order valence-electron chi connectivity index (χ0n) is 15.0. The van der Waals surface area contributed by atoms with Crippen LogP contribution in [0.5, 0.6) is 5.75 Å². The first-order valence-electron chi connectivity index (χ1n) is 8.78. The van der Waals surface area contributed by atoms with Gasteiger partial charge in [0.25, 0.3) is 0 Å². The molecular formula is C22H20N4O. The highest BCUT2D eigenvalue weighted by molar-refractivity contribution is 5.92. The number of fused-ring (bicyclic) bond motifs is 1. The standard InChI is InChI=1S/C22H20N4O/c1-3-20-25-21(23-14(2)15-7-5-4-6-8-15)18-13-19(24-22(18)26-20)16-9-11-17(27)12-10-16/h3-14,27H,1H2,2H3,(H2,23,24,25,26)/t14-/m1/s1. The molecule has 134 valence electrons. The van der Waals surface area contributed by atoms with E-state index in [0.29, 0.717) is 5.82 Å². The summed E-state index contributed by atoms with van der Waals surface area (Å²) in [5.74, 6) is 1.56. The van der Waals surface area contributed by atoms with Crippen molar-refractivity contribution in [3.8, 4) is 17.0 Å². The number of H-pyrrole nitrogens is 1. The number of nitrogens with one attached hydrogen (secondary N) is 2. The van der Waals surface area contributed by atoms with Gasteiger partial charge in [-0.05, 0) is 54.5 Å². The van der Waals surface area contributed by atoms with Crippen molar-refractivity contribution in [3.63, 3.8) is 0 Å². The molecule has 27 heavy (non-hydrogen) atoms. The van der Waals surface area contributed by atoms with Gasteiger partial charge in [0, 0.05) is 11.7 Å². The van der Waals surface area contributed by atoms with Crippen LogP contribution >= 0.6 is 0 Å². The van der Waals surface area contributed by atoms with E-state index in [4.69, 9.17) is 0 Å². The molecule has 2 aromatic heterocycles. The predicted molar refractivity (Wildman–Crippen MR) is 110 cm³/mol. The van der Waals surface area contributed by atoms with Crippen LogP contribution in [0.25, 0.3) is 28.4 Å². The molecule has 0 aliphatic carbocycles. The number of phenols is 1. The average molecular weight is 356 g/mol. The molecule has 0 radical (unpaired) electrons. The first kappa shape index (κ1) is 16.8. The molecule has 0 spiro atoms. The van der Waals surface area contributed by atoms with Crippen LogP contribution in [0.2, 0.25) is 0 Å². The highest BCUT2D eigenvalue weighted by atomic mass is 16.3. The second-order valence-corrected chi connectivity index (χ2v) is 6.40. The van der Waals surface area contributed by atoms with Gasteiger partial charge in [-0.2, -0.15) is 0 Å². The second-order valence-electron chi connectivity index (χ2n) is 6.40. The summed E-state index contributed by atoms with van der Waals surface area (Å²) in [5.41, 5.74) is 3.80. The van der Waals surface area contributed by atoms with Crippen LogP contribution in [-0.2, 0) is 0 Å². The summed E-state index contributed by atoms with van der Waals surface area (Å²) in [7, 11) is 0. The molecule has 4 rings (SSSR count). The lowest BCUT2D eigenvalue weighted by Gasteiger charge is -2.15. The number of aromatic hydroxyl groups is 1. The normalized spacial score (nSPS) is 12.0. The molecule has 0 saturated heterocycles. The topological polar surface area (TPSA) is 73.8 Å². The Balaban J connectivity index is 1.77. The lowest BCUT2D eigenvalue weighted by atomic mass is 10.1. The molecule has 0 fully saturated rings. The van der Waals surface area contributed by atoms with Crippen molar-refractivity contribution in [1.82, 2.24) is 15.0 Å². The molecule has 4 aromatic rings. The maximum atomic E-state index is 9.51. The third kappa shape index (κ3) is 3.40. The molecular weight excluding hydrogens is 336 g/mol. The smallest absolute Gasteiger partial charge is 0.156 e. The minimum absolute atomic E-state index is 0.0917. The molecule has 0 unspecified atom stereocenters. The lowest BCUT2D eigenvalue weighted by molar-refractivity contribution is 0.475. The molecule has 0 aliphatic rings. The summed E-state index contributed by atoms with van der Waals surface area (Å²) < 4.78 is 0. The van der Waals surface area contributed by atoms with E-state index in [1.54, 1.807) is 18.2 Å². The van der Waals surface area contributed by atoms with Gasteiger partial charge in [0.2, 0.25) is 0 Å². The van der Waals surface area contributed by atoms with Gasteiger partial charge in [-0.25, -0.2) is 9.97 Å². The molecule has 2 aromatic carbocycles. The quantitative estimate of drug-likeness (QED) is 0.462. The molecule has 0 saturated carbocycles. The van der Waals surface area contributed by atoms with Crippen LogP contribution in [-0.4, -0.2) is 20.1 Å². The number of phenolic OH excluding ortho intramolecular Hbond substituents is 1. The maximum absolute atomic E-state index is 9.51. The molecule has 1 atom stereocenters. The van der Waals surface area contributed by atoms with Gasteiger partial charge < -0.3 is 15.4 Å². The highest BCUT2D eigenvalue weighted by Gasteiger charge is 2.14. The Morgan fingerprint density at radius 3 is 2.52 bits per heavy atom. The summed E-state index contributed by atoms with van der Waals surface area (Å²) in [6.45, 7) is 5.90. The molecule has 5 heteroatoms. The number of hydrogen-bond donors (Lipinski definition) is 3. The van der Waals surface area contributed by atoms with Crippen LogP contribution in [0.15, 0.2) is 67.2 Å². The number of rotatable bonds is 5. The van der Waals surface area contributed by atoms with Crippen molar-refractivity contribution in [1.29, 1.82) is 0 Å². The van der Waals surface area contributed by atoms with Crippen molar-refractivity contribution in [2.75, 3.05) is 5.32 Å². The van der Waals surface area contributed by atoms with E-state index in [1.165, 1.54) is 5.56 Å². The summed E-state index contributed by atoms with van der Waals surface area (Å²) in [6.07, 6.45) is 1.64. The zero-order valence-corrected chi connectivity index (χ0v) is 15.0. The van der Waals surface area contributed by atoms with E-state index < -0.39 is 0 Å². The Hall–Kier alpha value is -3.60. The van der Waals surface area contributed by atoms with Crippen molar-refractivity contribution >= 4 is 22.9 Å². The number of anilines is 1. The van der Waals surface area contributed by atoms with E-state index in [1.807, 2.05) is 36.4 Å². The van der Waals surface area contributed by atoms with Gasteiger partial charge in [-0.1, -0.05) is 36.9 Å². The Morgan fingerprint density at radius 1 is 1.07 bits per heavy atom. The number of hydrogen-bond acceptors (Lipinski definition) is 4. The van der Waals surface area contributed by atoms with Gasteiger partial charge in [-0.3, -0.25) is 0 Å². The van der Waals surface area contributed by atoms with Crippen LogP contribution in [0.1, 0.15) is 24.4 Å². The van der Waals surface area contributed by atoms with E-state index in [-0.39, 0.29) is 11.8 Å². The van der Waals surface area contributed by atoms with E-state index in [9.17, 15) is 5.11 Å². The number of aromatic nitrogens is 3. The Morgan fingerprint density at radius 2 is 1.81 bits per heavy atom.